The molecule has 5 nitrogen and oxygen atoms in total. The first-order valence-corrected chi connectivity index (χ1v) is 8.36. The maximum absolute atomic E-state index is 12.3. The van der Waals surface area contributed by atoms with Gasteiger partial charge in [0.15, 0.2) is 0 Å². The number of halogens is 1. The number of hydrogen-bond acceptors (Lipinski definition) is 4. The van der Waals surface area contributed by atoms with Crippen molar-refractivity contribution in [1.82, 2.24) is 4.31 Å². The van der Waals surface area contributed by atoms with E-state index in [1.165, 1.54) is 12.1 Å². The van der Waals surface area contributed by atoms with Crippen LogP contribution in [0.25, 0.3) is 0 Å². The van der Waals surface area contributed by atoms with Gasteiger partial charge in [-0.15, -0.1) is 0 Å². The zero-order valence-electron chi connectivity index (χ0n) is 11.4. The molecule has 2 aromatic carbocycles. The number of sulfonamides is 1. The van der Waals surface area contributed by atoms with E-state index >= 15 is 0 Å². The van der Waals surface area contributed by atoms with Crippen molar-refractivity contribution in [2.45, 2.75) is 4.90 Å². The van der Waals surface area contributed by atoms with Crippen LogP contribution >= 0.6 is 11.6 Å². The maximum Gasteiger partial charge on any atom is 0.269 e. The van der Waals surface area contributed by atoms with Gasteiger partial charge in [-0.2, -0.15) is 0 Å². The predicted octanol–water partition coefficient (Wildman–Crippen LogP) is 2.56. The number of amides is 1. The first-order valence-electron chi connectivity index (χ1n) is 6.54. The predicted molar refractivity (Wildman–Crippen MR) is 81.6 cm³/mol. The summed E-state index contributed by atoms with van der Waals surface area (Å²) in [6.45, 7) is 0.0268. The molecule has 114 valence electrons. The van der Waals surface area contributed by atoms with Gasteiger partial charge in [0.25, 0.3) is 15.9 Å². The minimum atomic E-state index is -3.77. The number of carbonyl (C=O) groups excluding carboxylic acids is 1. The fourth-order valence-corrected chi connectivity index (χ4v) is 3.91. The molecule has 0 N–H and O–H groups in total. The van der Waals surface area contributed by atoms with E-state index in [4.69, 9.17) is 16.3 Å². The third-order valence-electron chi connectivity index (χ3n) is 3.29. The Morgan fingerprint density at radius 3 is 2.41 bits per heavy atom. The highest BCUT2D eigenvalue weighted by molar-refractivity contribution is 7.90. The lowest BCUT2D eigenvalue weighted by atomic mass is 10.2. The van der Waals surface area contributed by atoms with Gasteiger partial charge < -0.3 is 4.74 Å². The molecule has 0 aliphatic carbocycles. The molecule has 0 saturated carbocycles. The van der Waals surface area contributed by atoms with Crippen LogP contribution in [0.1, 0.15) is 10.4 Å². The Morgan fingerprint density at radius 2 is 1.73 bits per heavy atom. The average Bonchev–Trinajstić information content (AvgIpc) is 2.70. The summed E-state index contributed by atoms with van der Waals surface area (Å²) in [7, 11) is -3.77. The van der Waals surface area contributed by atoms with Crippen molar-refractivity contribution in [2.75, 3.05) is 13.2 Å². The lowest BCUT2D eigenvalue weighted by molar-refractivity contribution is 0.0857. The number of benzene rings is 2. The normalized spacial score (nSPS) is 15.7. The molecule has 0 aromatic heterocycles. The van der Waals surface area contributed by atoms with Gasteiger partial charge >= 0.3 is 0 Å². The summed E-state index contributed by atoms with van der Waals surface area (Å²) in [5, 5.41) is 0.583. The van der Waals surface area contributed by atoms with Crippen molar-refractivity contribution in [3.8, 4) is 5.75 Å². The summed E-state index contributed by atoms with van der Waals surface area (Å²) in [6, 6.07) is 12.9. The van der Waals surface area contributed by atoms with E-state index in [0.717, 1.165) is 4.31 Å². The standard InChI is InChI=1S/C15H12ClNO4S/c16-11-5-7-12(8-6-11)21-10-9-17-15(18)13-3-1-2-4-14(13)22(17,19)20/h1-8H,9-10H2. The van der Waals surface area contributed by atoms with Gasteiger partial charge in [-0.3, -0.25) is 4.79 Å². The van der Waals surface area contributed by atoms with Gasteiger partial charge in [0.2, 0.25) is 0 Å². The number of nitrogens with zero attached hydrogens (tertiary/aromatic N) is 1. The molecule has 7 heteroatoms. The first-order chi connectivity index (χ1) is 10.5. The van der Waals surface area contributed by atoms with E-state index in [-0.39, 0.29) is 23.6 Å². The van der Waals surface area contributed by atoms with Crippen LogP contribution in [0.15, 0.2) is 53.4 Å². The number of ether oxygens (including phenoxy) is 1. The van der Waals surface area contributed by atoms with Gasteiger partial charge in [0.1, 0.15) is 17.3 Å². The molecule has 1 aliphatic heterocycles. The lowest BCUT2D eigenvalue weighted by Crippen LogP contribution is -2.33. The summed E-state index contributed by atoms with van der Waals surface area (Å²) >= 11 is 5.77. The number of hydrogen-bond donors (Lipinski definition) is 0. The summed E-state index contributed by atoms with van der Waals surface area (Å²) in [4.78, 5) is 12.2. The number of fused-ring (bicyclic) bond motifs is 1. The highest BCUT2D eigenvalue weighted by atomic mass is 35.5. The second-order valence-electron chi connectivity index (χ2n) is 4.68. The highest BCUT2D eigenvalue weighted by Crippen LogP contribution is 2.29. The van der Waals surface area contributed by atoms with Gasteiger partial charge in [-0.05, 0) is 36.4 Å². The molecule has 3 rings (SSSR count). The molecule has 1 aliphatic rings. The van der Waals surface area contributed by atoms with E-state index < -0.39 is 15.9 Å². The molecule has 22 heavy (non-hydrogen) atoms. The van der Waals surface area contributed by atoms with Crippen LogP contribution in [-0.4, -0.2) is 31.8 Å². The number of carbonyl (C=O) groups is 1. The fourth-order valence-electron chi connectivity index (χ4n) is 2.23. The maximum atomic E-state index is 12.3. The Balaban J connectivity index is 1.71. The molecule has 0 fully saturated rings. The van der Waals surface area contributed by atoms with Gasteiger partial charge in [-0.25, -0.2) is 12.7 Å². The quantitative estimate of drug-likeness (QED) is 0.860. The van der Waals surface area contributed by atoms with Crippen molar-refractivity contribution >= 4 is 27.5 Å². The van der Waals surface area contributed by atoms with Crippen molar-refractivity contribution in [2.24, 2.45) is 0 Å². The Labute approximate surface area is 133 Å². The van der Waals surface area contributed by atoms with Crippen molar-refractivity contribution in [3.05, 3.63) is 59.1 Å². The topological polar surface area (TPSA) is 63.7 Å². The number of rotatable bonds is 4. The van der Waals surface area contributed by atoms with Gasteiger partial charge in [0, 0.05) is 5.02 Å². The zero-order valence-corrected chi connectivity index (χ0v) is 13.0. The molecule has 1 amide bonds. The van der Waals surface area contributed by atoms with E-state index in [1.807, 2.05) is 0 Å². The van der Waals surface area contributed by atoms with E-state index in [0.29, 0.717) is 10.8 Å². The largest absolute Gasteiger partial charge is 0.492 e. The summed E-state index contributed by atoms with van der Waals surface area (Å²) in [6.07, 6.45) is 0. The molecule has 0 bridgehead atoms. The van der Waals surface area contributed by atoms with Crippen molar-refractivity contribution in [1.29, 1.82) is 0 Å². The third-order valence-corrected chi connectivity index (χ3v) is 5.38. The average molecular weight is 338 g/mol. The van der Waals surface area contributed by atoms with E-state index in [9.17, 15) is 13.2 Å². The Bertz CT molecular complexity index is 818. The highest BCUT2D eigenvalue weighted by Gasteiger charge is 2.40. The second-order valence-corrected chi connectivity index (χ2v) is 6.95. The molecule has 0 saturated heterocycles. The SMILES string of the molecule is O=C1c2ccccc2S(=O)(=O)N1CCOc1ccc(Cl)cc1. The van der Waals surface area contributed by atoms with Crippen LogP contribution < -0.4 is 4.74 Å². The summed E-state index contributed by atoms with van der Waals surface area (Å²) in [5.41, 5.74) is 0.203. The monoisotopic (exact) mass is 337 g/mol. The Kier molecular flexibility index (Phi) is 3.80. The summed E-state index contributed by atoms with van der Waals surface area (Å²) < 4.78 is 30.9. The van der Waals surface area contributed by atoms with Crippen LogP contribution in [0, 0.1) is 0 Å². The third kappa shape index (κ3) is 2.55. The van der Waals surface area contributed by atoms with E-state index in [1.54, 1.807) is 36.4 Å². The Morgan fingerprint density at radius 1 is 1.05 bits per heavy atom. The van der Waals surface area contributed by atoms with Gasteiger partial charge in [-0.1, -0.05) is 23.7 Å². The van der Waals surface area contributed by atoms with Crippen molar-refractivity contribution < 1.29 is 17.9 Å². The minimum absolute atomic E-state index is 0.0432. The van der Waals surface area contributed by atoms with Crippen molar-refractivity contribution in [3.63, 3.8) is 0 Å². The minimum Gasteiger partial charge on any atom is -0.492 e. The first kappa shape index (κ1) is 14.9. The molecular weight excluding hydrogens is 326 g/mol. The Hall–Kier alpha value is -2.05. The summed E-state index contributed by atoms with van der Waals surface area (Å²) in [5.74, 6) is 0.0428. The van der Waals surface area contributed by atoms with Gasteiger partial charge in [0.05, 0.1) is 12.1 Å². The molecule has 2 aromatic rings. The van der Waals surface area contributed by atoms with Crippen LogP contribution in [0.4, 0.5) is 0 Å². The van der Waals surface area contributed by atoms with Crippen LogP contribution in [0.3, 0.4) is 0 Å². The van der Waals surface area contributed by atoms with Crippen LogP contribution in [0.2, 0.25) is 5.02 Å². The zero-order chi connectivity index (χ0) is 15.7. The van der Waals surface area contributed by atoms with Crippen LogP contribution in [-0.2, 0) is 10.0 Å². The molecule has 1 heterocycles. The molecule has 0 radical (unpaired) electrons. The smallest absolute Gasteiger partial charge is 0.269 e. The molecule has 0 spiro atoms. The lowest BCUT2D eigenvalue weighted by Gasteiger charge is -2.15. The van der Waals surface area contributed by atoms with E-state index in [2.05, 4.69) is 0 Å². The fraction of sp³-hybridized carbons (Fsp3) is 0.133. The van der Waals surface area contributed by atoms with Crippen LogP contribution in [0.5, 0.6) is 5.75 Å². The molecular formula is C15H12ClNO4S. The molecule has 0 atom stereocenters. The molecule has 0 unspecified atom stereocenters. The second kappa shape index (κ2) is 5.62.